The van der Waals surface area contributed by atoms with Crippen LogP contribution in [0.2, 0.25) is 0 Å². The molecule has 1 N–H and O–H groups in total. The predicted octanol–water partition coefficient (Wildman–Crippen LogP) is 3.77. The number of aliphatic hydroxyl groups excluding tert-OH is 1. The normalized spacial score (nSPS) is 12.3. The number of aliphatic hydroxyl groups is 1. The first-order valence-electron chi connectivity index (χ1n) is 6.97. The number of benzene rings is 2. The van der Waals surface area contributed by atoms with Crippen LogP contribution in [-0.2, 0) is 5.41 Å². The smallest absolute Gasteiger partial charge is 0.128 e. The maximum atomic E-state index is 10.6. The van der Waals surface area contributed by atoms with Gasteiger partial charge in [0.15, 0.2) is 0 Å². The lowest BCUT2D eigenvalue weighted by atomic mass is 9.72. The van der Waals surface area contributed by atoms with Crippen LogP contribution < -0.4 is 0 Å². The van der Waals surface area contributed by atoms with Crippen LogP contribution in [0.15, 0.2) is 60.7 Å². The highest BCUT2D eigenvalue weighted by Gasteiger charge is 2.35. The van der Waals surface area contributed by atoms with Gasteiger partial charge in [-0.05, 0) is 18.1 Å². The molecule has 0 bridgehead atoms. The monoisotopic (exact) mass is 264 g/mol. The van der Waals surface area contributed by atoms with Gasteiger partial charge in [-0.2, -0.15) is 0 Å². The molecule has 1 atom stereocenters. The summed E-state index contributed by atoms with van der Waals surface area (Å²) in [6.07, 6.45) is 0.0173. The van der Waals surface area contributed by atoms with Crippen LogP contribution in [0, 0.1) is 11.8 Å². The predicted molar refractivity (Wildman–Crippen MR) is 83.4 cm³/mol. The van der Waals surface area contributed by atoms with Crippen molar-refractivity contribution in [1.29, 1.82) is 0 Å². The van der Waals surface area contributed by atoms with E-state index >= 15 is 0 Å². The molecule has 0 heterocycles. The van der Waals surface area contributed by atoms with Crippen molar-refractivity contribution in [2.75, 3.05) is 0 Å². The summed E-state index contributed by atoms with van der Waals surface area (Å²) >= 11 is 0. The molecule has 20 heavy (non-hydrogen) atoms. The van der Waals surface area contributed by atoms with E-state index in [1.165, 1.54) is 0 Å². The van der Waals surface area contributed by atoms with Gasteiger partial charge < -0.3 is 5.11 Å². The van der Waals surface area contributed by atoms with Gasteiger partial charge in [-0.1, -0.05) is 73.5 Å². The van der Waals surface area contributed by atoms with Gasteiger partial charge >= 0.3 is 0 Å². The van der Waals surface area contributed by atoms with Crippen molar-refractivity contribution in [3.8, 4) is 11.8 Å². The molecule has 0 aromatic heterocycles. The van der Waals surface area contributed by atoms with Gasteiger partial charge in [-0.25, -0.2) is 0 Å². The van der Waals surface area contributed by atoms with E-state index in [0.29, 0.717) is 0 Å². The summed E-state index contributed by atoms with van der Waals surface area (Å²) in [6.45, 7) is 4.04. The molecule has 1 unspecified atom stereocenters. The van der Waals surface area contributed by atoms with Crippen molar-refractivity contribution in [1.82, 2.24) is 0 Å². The SMILES string of the molecule is CCC#CC(O)C(C)(c1ccccc1)c1ccccc1. The molecule has 2 aromatic rings. The molecule has 0 saturated heterocycles. The molecule has 0 aliphatic carbocycles. The summed E-state index contributed by atoms with van der Waals surface area (Å²) in [7, 11) is 0. The van der Waals surface area contributed by atoms with Crippen LogP contribution in [0.4, 0.5) is 0 Å². The molecule has 102 valence electrons. The third-order valence-electron chi connectivity index (χ3n) is 3.71. The summed E-state index contributed by atoms with van der Waals surface area (Å²) < 4.78 is 0. The first-order chi connectivity index (χ1) is 9.69. The molecule has 1 heteroatoms. The second-order valence-electron chi connectivity index (χ2n) is 5.01. The molecular formula is C19H20O. The highest BCUT2D eigenvalue weighted by atomic mass is 16.3. The Balaban J connectivity index is 2.55. The summed E-state index contributed by atoms with van der Waals surface area (Å²) in [5.41, 5.74) is 1.62. The van der Waals surface area contributed by atoms with E-state index in [-0.39, 0.29) is 0 Å². The van der Waals surface area contributed by atoms with Gasteiger partial charge in [0.2, 0.25) is 0 Å². The number of hydrogen-bond donors (Lipinski definition) is 1. The van der Waals surface area contributed by atoms with E-state index in [4.69, 9.17) is 0 Å². The Bertz CT molecular complexity index is 550. The summed E-state index contributed by atoms with van der Waals surface area (Å²) in [5.74, 6) is 5.97. The average Bonchev–Trinajstić information content (AvgIpc) is 2.53. The lowest BCUT2D eigenvalue weighted by Crippen LogP contribution is -2.37. The van der Waals surface area contributed by atoms with Crippen molar-refractivity contribution in [2.24, 2.45) is 0 Å². The topological polar surface area (TPSA) is 20.2 Å². The largest absolute Gasteiger partial charge is 0.379 e. The van der Waals surface area contributed by atoms with Crippen LogP contribution in [0.3, 0.4) is 0 Å². The highest BCUT2D eigenvalue weighted by Crippen LogP contribution is 2.35. The van der Waals surface area contributed by atoms with Crippen LogP contribution in [0.5, 0.6) is 0 Å². The Morgan fingerprint density at radius 3 is 1.80 bits per heavy atom. The van der Waals surface area contributed by atoms with E-state index in [0.717, 1.165) is 17.5 Å². The minimum atomic E-state index is -0.729. The first kappa shape index (κ1) is 14.4. The molecule has 0 amide bonds. The molecule has 2 aromatic carbocycles. The highest BCUT2D eigenvalue weighted by molar-refractivity contribution is 5.42. The van der Waals surface area contributed by atoms with E-state index < -0.39 is 11.5 Å². The fraction of sp³-hybridized carbons (Fsp3) is 0.263. The van der Waals surface area contributed by atoms with Crippen molar-refractivity contribution >= 4 is 0 Å². The van der Waals surface area contributed by atoms with Crippen molar-refractivity contribution in [3.05, 3.63) is 71.8 Å². The van der Waals surface area contributed by atoms with Crippen molar-refractivity contribution < 1.29 is 5.11 Å². The third kappa shape index (κ3) is 2.76. The van der Waals surface area contributed by atoms with Gasteiger partial charge in [0, 0.05) is 6.42 Å². The standard InChI is InChI=1S/C19H20O/c1-3-4-15-18(20)19(2,16-11-7-5-8-12-16)17-13-9-6-10-14-17/h5-14,18,20H,3H2,1-2H3. The second-order valence-corrected chi connectivity index (χ2v) is 5.01. The fourth-order valence-corrected chi connectivity index (χ4v) is 2.39. The van der Waals surface area contributed by atoms with E-state index in [9.17, 15) is 5.11 Å². The summed E-state index contributed by atoms with van der Waals surface area (Å²) in [5, 5.41) is 10.6. The Kier molecular flexibility index (Phi) is 4.61. The lowest BCUT2D eigenvalue weighted by Gasteiger charge is -2.33. The van der Waals surface area contributed by atoms with Crippen LogP contribution in [0.25, 0.3) is 0 Å². The zero-order chi connectivity index (χ0) is 14.4. The van der Waals surface area contributed by atoms with Crippen LogP contribution >= 0.6 is 0 Å². The van der Waals surface area contributed by atoms with Crippen molar-refractivity contribution in [3.63, 3.8) is 0 Å². The molecule has 0 aliphatic rings. The molecule has 0 spiro atoms. The van der Waals surface area contributed by atoms with Gasteiger partial charge in [-0.3, -0.25) is 0 Å². The van der Waals surface area contributed by atoms with E-state index in [2.05, 4.69) is 11.8 Å². The van der Waals surface area contributed by atoms with Crippen LogP contribution in [0.1, 0.15) is 31.4 Å². The third-order valence-corrected chi connectivity index (χ3v) is 3.71. The quantitative estimate of drug-likeness (QED) is 0.837. The molecule has 0 aliphatic heterocycles. The Morgan fingerprint density at radius 1 is 0.950 bits per heavy atom. The van der Waals surface area contributed by atoms with E-state index in [1.54, 1.807) is 0 Å². The molecule has 0 saturated carbocycles. The summed E-state index contributed by atoms with van der Waals surface area (Å²) in [4.78, 5) is 0. The van der Waals surface area contributed by atoms with Gasteiger partial charge in [0.1, 0.15) is 6.10 Å². The maximum absolute atomic E-state index is 10.6. The minimum absolute atomic E-state index is 0.523. The van der Waals surface area contributed by atoms with Gasteiger partial charge in [0.25, 0.3) is 0 Å². The first-order valence-corrected chi connectivity index (χ1v) is 6.97. The molecule has 0 fully saturated rings. The molecule has 2 rings (SSSR count). The second kappa shape index (κ2) is 6.41. The molecular weight excluding hydrogens is 244 g/mol. The fourth-order valence-electron chi connectivity index (χ4n) is 2.39. The number of rotatable bonds is 3. The zero-order valence-corrected chi connectivity index (χ0v) is 12.0. The molecule has 1 nitrogen and oxygen atoms in total. The Labute approximate surface area is 121 Å². The summed E-state index contributed by atoms with van der Waals surface area (Å²) in [6, 6.07) is 20.1. The average molecular weight is 264 g/mol. The minimum Gasteiger partial charge on any atom is -0.379 e. The van der Waals surface area contributed by atoms with Crippen LogP contribution in [-0.4, -0.2) is 11.2 Å². The Morgan fingerprint density at radius 2 is 1.40 bits per heavy atom. The van der Waals surface area contributed by atoms with E-state index in [1.807, 2.05) is 74.5 Å². The lowest BCUT2D eigenvalue weighted by molar-refractivity contribution is 0.165. The van der Waals surface area contributed by atoms with Gasteiger partial charge in [-0.15, -0.1) is 5.92 Å². The zero-order valence-electron chi connectivity index (χ0n) is 12.0. The Hall–Kier alpha value is -2.04. The molecule has 0 radical (unpaired) electrons. The number of hydrogen-bond acceptors (Lipinski definition) is 1. The maximum Gasteiger partial charge on any atom is 0.128 e. The van der Waals surface area contributed by atoms with Crippen molar-refractivity contribution in [2.45, 2.75) is 31.8 Å². The van der Waals surface area contributed by atoms with Gasteiger partial charge in [0.05, 0.1) is 5.41 Å².